The van der Waals surface area contributed by atoms with Gasteiger partial charge in [0, 0.05) is 13.0 Å². The highest BCUT2D eigenvalue weighted by Crippen LogP contribution is 2.36. The lowest BCUT2D eigenvalue weighted by atomic mass is 10.2. The molecular weight excluding hydrogens is 372 g/mol. The van der Waals surface area contributed by atoms with Crippen molar-refractivity contribution in [2.24, 2.45) is 0 Å². The molecule has 2 heterocycles. The fourth-order valence-electron chi connectivity index (χ4n) is 3.58. The molecule has 1 amide bonds. The molecule has 146 valence electrons. The van der Waals surface area contributed by atoms with Crippen molar-refractivity contribution in [2.75, 3.05) is 20.3 Å². The Morgan fingerprint density at radius 3 is 2.75 bits per heavy atom. The maximum absolute atomic E-state index is 12.8. The van der Waals surface area contributed by atoms with Gasteiger partial charge in [-0.05, 0) is 55.7 Å². The van der Waals surface area contributed by atoms with Crippen LogP contribution in [0.2, 0.25) is 0 Å². The Labute approximate surface area is 168 Å². The Bertz CT molecular complexity index is 905. The van der Waals surface area contributed by atoms with Gasteiger partial charge in [-0.1, -0.05) is 12.1 Å². The number of nitrogens with zero attached hydrogens (tertiary/aromatic N) is 2. The predicted molar refractivity (Wildman–Crippen MR) is 111 cm³/mol. The summed E-state index contributed by atoms with van der Waals surface area (Å²) >= 11 is 1.70. The average molecular weight is 397 g/mol. The van der Waals surface area contributed by atoms with Crippen LogP contribution in [0.25, 0.3) is 10.2 Å². The van der Waals surface area contributed by atoms with Gasteiger partial charge in [0.2, 0.25) is 5.91 Å². The summed E-state index contributed by atoms with van der Waals surface area (Å²) in [6, 6.07) is 15.8. The highest BCUT2D eigenvalue weighted by Gasteiger charge is 2.31. The second kappa shape index (κ2) is 8.61. The molecule has 0 aliphatic carbocycles. The Morgan fingerprint density at radius 1 is 1.18 bits per heavy atom. The third kappa shape index (κ3) is 4.12. The van der Waals surface area contributed by atoms with Gasteiger partial charge in [0.1, 0.15) is 16.5 Å². The SMILES string of the molecule is COc1ccc(OCCCC(=O)N2CCC[C@@H]2c2nc3ccccc3s2)cc1. The number of para-hydroxylation sites is 1. The summed E-state index contributed by atoms with van der Waals surface area (Å²) in [6.45, 7) is 1.34. The van der Waals surface area contributed by atoms with Crippen molar-refractivity contribution in [3.8, 4) is 11.5 Å². The van der Waals surface area contributed by atoms with Crippen LogP contribution in [0.15, 0.2) is 48.5 Å². The van der Waals surface area contributed by atoms with Crippen LogP contribution < -0.4 is 9.47 Å². The Hall–Kier alpha value is -2.60. The van der Waals surface area contributed by atoms with Crippen molar-refractivity contribution in [1.82, 2.24) is 9.88 Å². The van der Waals surface area contributed by atoms with E-state index in [0.717, 1.165) is 41.4 Å². The number of aromatic nitrogens is 1. The van der Waals surface area contributed by atoms with E-state index in [1.165, 1.54) is 4.70 Å². The number of benzene rings is 2. The monoisotopic (exact) mass is 396 g/mol. The smallest absolute Gasteiger partial charge is 0.223 e. The average Bonchev–Trinajstić information content (AvgIpc) is 3.38. The summed E-state index contributed by atoms with van der Waals surface area (Å²) in [7, 11) is 1.64. The van der Waals surface area contributed by atoms with Crippen LogP contribution in [0.3, 0.4) is 0 Å². The molecular formula is C22H24N2O3S. The van der Waals surface area contributed by atoms with E-state index < -0.39 is 0 Å². The van der Waals surface area contributed by atoms with Gasteiger partial charge < -0.3 is 14.4 Å². The van der Waals surface area contributed by atoms with E-state index in [0.29, 0.717) is 19.4 Å². The summed E-state index contributed by atoms with van der Waals surface area (Å²) in [4.78, 5) is 19.5. The number of fused-ring (bicyclic) bond motifs is 1. The molecule has 0 radical (unpaired) electrons. The van der Waals surface area contributed by atoms with Gasteiger partial charge in [0.15, 0.2) is 0 Å². The summed E-state index contributed by atoms with van der Waals surface area (Å²) < 4.78 is 12.1. The minimum Gasteiger partial charge on any atom is -0.497 e. The van der Waals surface area contributed by atoms with Gasteiger partial charge in [-0.3, -0.25) is 4.79 Å². The number of hydrogen-bond donors (Lipinski definition) is 0. The van der Waals surface area contributed by atoms with Crippen molar-refractivity contribution in [1.29, 1.82) is 0 Å². The molecule has 3 aromatic rings. The van der Waals surface area contributed by atoms with E-state index in [1.807, 2.05) is 47.4 Å². The van der Waals surface area contributed by atoms with Crippen LogP contribution >= 0.6 is 11.3 Å². The highest BCUT2D eigenvalue weighted by molar-refractivity contribution is 7.18. The molecule has 1 aliphatic rings. The first-order valence-corrected chi connectivity index (χ1v) is 10.5. The highest BCUT2D eigenvalue weighted by atomic mass is 32.1. The first-order chi connectivity index (χ1) is 13.7. The molecule has 28 heavy (non-hydrogen) atoms. The molecule has 1 aliphatic heterocycles. The van der Waals surface area contributed by atoms with E-state index in [1.54, 1.807) is 18.4 Å². The van der Waals surface area contributed by atoms with Crippen molar-refractivity contribution < 1.29 is 14.3 Å². The third-order valence-electron chi connectivity index (χ3n) is 5.03. The minimum atomic E-state index is 0.118. The van der Waals surface area contributed by atoms with Gasteiger partial charge in [-0.2, -0.15) is 0 Å². The zero-order valence-corrected chi connectivity index (χ0v) is 16.8. The van der Waals surface area contributed by atoms with Crippen molar-refractivity contribution in [3.63, 3.8) is 0 Å². The van der Waals surface area contributed by atoms with E-state index in [4.69, 9.17) is 14.5 Å². The van der Waals surface area contributed by atoms with Crippen LogP contribution in [0.1, 0.15) is 36.7 Å². The molecule has 2 aromatic carbocycles. The van der Waals surface area contributed by atoms with Crippen LogP contribution in [-0.4, -0.2) is 36.1 Å². The molecule has 1 saturated heterocycles. The lowest BCUT2D eigenvalue weighted by molar-refractivity contribution is -0.132. The van der Waals surface area contributed by atoms with Gasteiger partial charge in [-0.15, -0.1) is 11.3 Å². The largest absolute Gasteiger partial charge is 0.497 e. The number of ether oxygens (including phenoxy) is 2. The fraction of sp³-hybridized carbons (Fsp3) is 0.364. The maximum atomic E-state index is 12.8. The number of rotatable bonds is 7. The molecule has 0 bridgehead atoms. The van der Waals surface area contributed by atoms with E-state index in [9.17, 15) is 4.79 Å². The van der Waals surface area contributed by atoms with Gasteiger partial charge in [0.05, 0.1) is 30.0 Å². The topological polar surface area (TPSA) is 51.7 Å². The Kier molecular flexibility index (Phi) is 5.76. The number of hydrogen-bond acceptors (Lipinski definition) is 5. The number of likely N-dealkylation sites (tertiary alicyclic amines) is 1. The molecule has 4 rings (SSSR count). The van der Waals surface area contributed by atoms with Crippen molar-refractivity contribution >= 4 is 27.5 Å². The van der Waals surface area contributed by atoms with Crippen LogP contribution in [0.4, 0.5) is 0 Å². The Balaban J connectivity index is 1.30. The third-order valence-corrected chi connectivity index (χ3v) is 6.17. The molecule has 5 nitrogen and oxygen atoms in total. The van der Waals surface area contributed by atoms with Gasteiger partial charge in [-0.25, -0.2) is 4.98 Å². The second-order valence-corrected chi connectivity index (χ2v) is 7.95. The van der Waals surface area contributed by atoms with Gasteiger partial charge >= 0.3 is 0 Å². The summed E-state index contributed by atoms with van der Waals surface area (Å²) in [5, 5.41) is 1.06. The van der Waals surface area contributed by atoms with Crippen LogP contribution in [0.5, 0.6) is 11.5 Å². The zero-order chi connectivity index (χ0) is 19.3. The number of amides is 1. The zero-order valence-electron chi connectivity index (χ0n) is 16.0. The molecule has 1 fully saturated rings. The quantitative estimate of drug-likeness (QED) is 0.537. The summed E-state index contributed by atoms with van der Waals surface area (Å²) in [6.07, 6.45) is 3.23. The molecule has 0 N–H and O–H groups in total. The number of carbonyl (C=O) groups is 1. The molecule has 6 heteroatoms. The number of carbonyl (C=O) groups excluding carboxylic acids is 1. The van der Waals surface area contributed by atoms with E-state index in [-0.39, 0.29) is 11.9 Å². The summed E-state index contributed by atoms with van der Waals surface area (Å²) in [5.41, 5.74) is 1.02. The molecule has 1 atom stereocenters. The molecule has 0 unspecified atom stereocenters. The lowest BCUT2D eigenvalue weighted by Crippen LogP contribution is -2.30. The minimum absolute atomic E-state index is 0.118. The first kappa shape index (κ1) is 18.7. The van der Waals surface area contributed by atoms with Crippen molar-refractivity contribution in [3.05, 3.63) is 53.5 Å². The van der Waals surface area contributed by atoms with Gasteiger partial charge in [0.25, 0.3) is 0 Å². The predicted octanol–water partition coefficient (Wildman–Crippen LogP) is 4.83. The van der Waals surface area contributed by atoms with Crippen molar-refractivity contribution in [2.45, 2.75) is 31.7 Å². The number of thiazole rings is 1. The first-order valence-electron chi connectivity index (χ1n) is 9.66. The molecule has 1 aromatic heterocycles. The van der Waals surface area contributed by atoms with Crippen LogP contribution in [0, 0.1) is 0 Å². The van der Waals surface area contributed by atoms with E-state index in [2.05, 4.69) is 6.07 Å². The Morgan fingerprint density at radius 2 is 1.96 bits per heavy atom. The fourth-order valence-corrected chi connectivity index (χ4v) is 4.70. The maximum Gasteiger partial charge on any atom is 0.223 e. The van der Waals surface area contributed by atoms with Crippen LogP contribution in [-0.2, 0) is 4.79 Å². The lowest BCUT2D eigenvalue weighted by Gasteiger charge is -2.23. The van der Waals surface area contributed by atoms with E-state index >= 15 is 0 Å². The summed E-state index contributed by atoms with van der Waals surface area (Å²) in [5.74, 6) is 1.79. The standard InChI is InChI=1S/C22H24N2O3S/c1-26-16-10-12-17(13-11-16)27-15-5-9-21(25)24-14-4-7-19(24)22-23-18-6-2-3-8-20(18)28-22/h2-3,6,8,10-13,19H,4-5,7,9,14-15H2,1H3/t19-/m1/s1. The number of methoxy groups -OCH3 is 1. The molecule has 0 saturated carbocycles. The molecule has 0 spiro atoms. The second-order valence-electron chi connectivity index (χ2n) is 6.89. The normalized spacial score (nSPS) is 16.5.